The molecule has 0 unspecified atom stereocenters. The van der Waals surface area contributed by atoms with Crippen LogP contribution in [0.5, 0.6) is 0 Å². The smallest absolute Gasteiger partial charge is 0.171 e. The molecule has 0 radical (unpaired) electrons. The zero-order valence-corrected chi connectivity index (χ0v) is 7.59. The fourth-order valence-corrected chi connectivity index (χ4v) is 1.38. The summed E-state index contributed by atoms with van der Waals surface area (Å²) in [5, 5.41) is 0. The van der Waals surface area contributed by atoms with Gasteiger partial charge >= 0.3 is 0 Å². The van der Waals surface area contributed by atoms with Crippen molar-refractivity contribution in [2.24, 2.45) is 0 Å². The lowest BCUT2D eigenvalue weighted by Crippen LogP contribution is -2.33. The van der Waals surface area contributed by atoms with Gasteiger partial charge in [-0.15, -0.1) is 0 Å². The molecule has 0 spiro atoms. The molecule has 1 aromatic heterocycles. The van der Waals surface area contributed by atoms with Gasteiger partial charge in [-0.2, -0.15) is 0 Å². The second kappa shape index (κ2) is 3.51. The highest BCUT2D eigenvalue weighted by molar-refractivity contribution is 5.11. The molecule has 0 saturated carbocycles. The highest BCUT2D eigenvalue weighted by Crippen LogP contribution is 1.97. The minimum absolute atomic E-state index is 1.13. The molecule has 11 heavy (non-hydrogen) atoms. The lowest BCUT2D eigenvalue weighted by Gasteiger charge is -1.96. The van der Waals surface area contributed by atoms with Crippen molar-refractivity contribution in [3.63, 3.8) is 0 Å². The predicted molar refractivity (Wildman–Crippen MR) is 46.4 cm³/mol. The van der Waals surface area contributed by atoms with E-state index in [0.29, 0.717) is 0 Å². The lowest BCUT2D eigenvalue weighted by atomic mass is 10.2. The van der Waals surface area contributed by atoms with Gasteiger partial charge in [0.15, 0.2) is 12.4 Å². The van der Waals surface area contributed by atoms with E-state index in [1.165, 1.54) is 17.5 Å². The molecule has 0 aromatic carbocycles. The molecule has 60 valence electrons. The Morgan fingerprint density at radius 3 is 2.18 bits per heavy atom. The predicted octanol–water partition coefficient (Wildman–Crippen LogP) is 2.00. The average molecular weight is 150 g/mol. The maximum Gasteiger partial charge on any atom is 0.171 e. The van der Waals surface area contributed by atoms with Crippen LogP contribution in [-0.4, -0.2) is 0 Å². The maximum absolute atomic E-state index is 2.25. The number of hydrogen-bond acceptors (Lipinski definition) is 0. The van der Waals surface area contributed by atoms with Gasteiger partial charge in [-0.3, -0.25) is 0 Å². The van der Waals surface area contributed by atoms with Crippen LogP contribution in [0.3, 0.4) is 0 Å². The average Bonchev–Trinajstić information content (AvgIpc) is 1.85. The summed E-state index contributed by atoms with van der Waals surface area (Å²) in [6.45, 7) is 7.60. The van der Waals surface area contributed by atoms with Crippen LogP contribution in [0.25, 0.3) is 0 Å². The molecule has 0 fully saturated rings. The molecule has 0 aliphatic carbocycles. The van der Waals surface area contributed by atoms with Crippen molar-refractivity contribution in [2.75, 3.05) is 0 Å². The first-order valence-corrected chi connectivity index (χ1v) is 4.19. The van der Waals surface area contributed by atoms with Crippen molar-refractivity contribution in [3.8, 4) is 0 Å². The summed E-state index contributed by atoms with van der Waals surface area (Å²) in [5.41, 5.74) is 2.69. The Labute approximate surface area is 68.7 Å². The van der Waals surface area contributed by atoms with Gasteiger partial charge in [0.25, 0.3) is 0 Å². The van der Waals surface area contributed by atoms with Crippen LogP contribution in [0.15, 0.2) is 18.5 Å². The summed E-state index contributed by atoms with van der Waals surface area (Å²) in [5.74, 6) is 0. The largest absolute Gasteiger partial charge is 0.205 e. The topological polar surface area (TPSA) is 3.88 Å². The molecule has 1 rings (SSSR count). The molecule has 0 amide bonds. The molecule has 0 aliphatic rings. The zero-order chi connectivity index (χ0) is 8.27. The van der Waals surface area contributed by atoms with Crippen molar-refractivity contribution in [1.29, 1.82) is 0 Å². The van der Waals surface area contributed by atoms with E-state index >= 15 is 0 Å². The van der Waals surface area contributed by atoms with Gasteiger partial charge in [0.05, 0.1) is 0 Å². The minimum atomic E-state index is 1.13. The number of hydrogen-bond donors (Lipinski definition) is 0. The highest BCUT2D eigenvalue weighted by Gasteiger charge is 1.99. The summed E-state index contributed by atoms with van der Waals surface area (Å²) < 4.78 is 2.25. The third-order valence-corrected chi connectivity index (χ3v) is 1.68. The van der Waals surface area contributed by atoms with Crippen LogP contribution < -0.4 is 4.57 Å². The molecule has 0 atom stereocenters. The van der Waals surface area contributed by atoms with Crippen molar-refractivity contribution < 1.29 is 4.57 Å². The summed E-state index contributed by atoms with van der Waals surface area (Å²) in [7, 11) is 0. The lowest BCUT2D eigenvalue weighted by molar-refractivity contribution is -0.697. The summed E-state index contributed by atoms with van der Waals surface area (Å²) in [6, 6.07) is 2.20. The van der Waals surface area contributed by atoms with Gasteiger partial charge in [-0.1, -0.05) is 6.92 Å². The Kier molecular flexibility index (Phi) is 2.64. The Morgan fingerprint density at radius 1 is 1.18 bits per heavy atom. The van der Waals surface area contributed by atoms with Crippen molar-refractivity contribution >= 4 is 0 Å². The molecule has 1 heteroatoms. The quantitative estimate of drug-likeness (QED) is 0.568. The summed E-state index contributed by atoms with van der Waals surface area (Å²) in [4.78, 5) is 0. The molecular formula is C10H16N+. The second-order valence-corrected chi connectivity index (χ2v) is 3.13. The zero-order valence-electron chi connectivity index (χ0n) is 7.59. The molecule has 0 bridgehead atoms. The fourth-order valence-electron chi connectivity index (χ4n) is 1.38. The minimum Gasteiger partial charge on any atom is -0.205 e. The van der Waals surface area contributed by atoms with E-state index < -0.39 is 0 Å². The number of aryl methyl sites for hydroxylation is 3. The third kappa shape index (κ3) is 2.34. The van der Waals surface area contributed by atoms with E-state index in [2.05, 4.69) is 43.8 Å². The molecular weight excluding hydrogens is 134 g/mol. The molecule has 0 N–H and O–H groups in total. The van der Waals surface area contributed by atoms with Gasteiger partial charge < -0.3 is 0 Å². The summed E-state index contributed by atoms with van der Waals surface area (Å²) in [6.07, 6.45) is 5.58. The van der Waals surface area contributed by atoms with E-state index in [9.17, 15) is 0 Å². The summed E-state index contributed by atoms with van der Waals surface area (Å²) >= 11 is 0. The van der Waals surface area contributed by atoms with E-state index in [1.54, 1.807) is 0 Å². The Hall–Kier alpha value is -0.850. The van der Waals surface area contributed by atoms with Crippen LogP contribution in [0.1, 0.15) is 24.5 Å². The molecule has 1 aromatic rings. The SMILES string of the molecule is CCC[n+]1cc(C)cc(C)c1. The second-order valence-electron chi connectivity index (χ2n) is 3.13. The molecule has 1 heterocycles. The van der Waals surface area contributed by atoms with Crippen LogP contribution in [-0.2, 0) is 6.54 Å². The number of aromatic nitrogens is 1. The highest BCUT2D eigenvalue weighted by atomic mass is 14.9. The normalized spacial score (nSPS) is 10.1. The Balaban J connectivity index is 2.89. The van der Waals surface area contributed by atoms with Crippen molar-refractivity contribution in [3.05, 3.63) is 29.6 Å². The molecule has 0 saturated heterocycles. The van der Waals surface area contributed by atoms with Crippen LogP contribution >= 0.6 is 0 Å². The van der Waals surface area contributed by atoms with Gasteiger partial charge in [-0.25, -0.2) is 4.57 Å². The van der Waals surface area contributed by atoms with Gasteiger partial charge in [0.2, 0.25) is 0 Å². The van der Waals surface area contributed by atoms with E-state index in [1.807, 2.05) is 0 Å². The van der Waals surface area contributed by atoms with Gasteiger partial charge in [0.1, 0.15) is 6.54 Å². The van der Waals surface area contributed by atoms with Gasteiger partial charge in [-0.05, 0) is 19.9 Å². The first kappa shape index (κ1) is 8.25. The van der Waals surface area contributed by atoms with E-state index in [0.717, 1.165) is 6.54 Å². The van der Waals surface area contributed by atoms with Crippen LogP contribution in [0.4, 0.5) is 0 Å². The molecule has 0 aliphatic heterocycles. The number of pyridine rings is 1. The Bertz CT molecular complexity index is 220. The van der Waals surface area contributed by atoms with E-state index in [-0.39, 0.29) is 0 Å². The van der Waals surface area contributed by atoms with E-state index in [4.69, 9.17) is 0 Å². The third-order valence-electron chi connectivity index (χ3n) is 1.68. The first-order chi connectivity index (χ1) is 5.22. The van der Waals surface area contributed by atoms with Crippen LogP contribution in [0.2, 0.25) is 0 Å². The standard InChI is InChI=1S/C10H16N/c1-4-5-11-7-9(2)6-10(3)8-11/h6-8H,4-5H2,1-3H3/q+1. The first-order valence-electron chi connectivity index (χ1n) is 4.19. The molecule has 1 nitrogen and oxygen atoms in total. The van der Waals surface area contributed by atoms with Crippen molar-refractivity contribution in [2.45, 2.75) is 33.7 Å². The van der Waals surface area contributed by atoms with Crippen LogP contribution in [0, 0.1) is 13.8 Å². The number of nitrogens with zero attached hydrogens (tertiary/aromatic N) is 1. The Morgan fingerprint density at radius 2 is 1.73 bits per heavy atom. The van der Waals surface area contributed by atoms with Gasteiger partial charge in [0, 0.05) is 17.5 Å². The number of rotatable bonds is 2. The fraction of sp³-hybridized carbons (Fsp3) is 0.500. The van der Waals surface area contributed by atoms with Crippen molar-refractivity contribution in [1.82, 2.24) is 0 Å². The maximum atomic E-state index is 2.25. The monoisotopic (exact) mass is 150 g/mol.